The Balaban J connectivity index is 0.896. The molecule has 4 aliphatic carbocycles. The molecule has 0 radical (unpaired) electrons. The monoisotopic (exact) mass is 1280 g/mol. The SMILES string of the molecule is COC(=O)N[C@H]1[C@@H](C)O[C@@H](OC2C/C=C(\C)C3C=CC4C(O[C@H]5C[C@@H](O[C@@H]6CC[C@@H](O[C@H]7C[C@@H](O)[C@@H](O[C@H]8CC[C@@H](O)[C@H](C)O8)[C@H](C)O7)[C@H](C)O6)[C@@H](OC(C)=O)[C@H](C)O5)C(C)CC(C)C4C3(C)/C(O)=C3\C(=O)OC4(CC(C=O)=CC(O)C4/C=C/2C)C3=O)C[C@]1(C)N. The van der Waals surface area contributed by atoms with Gasteiger partial charge < -0.3 is 93.1 Å². The number of nitrogens with one attached hydrogen (secondary N) is 1. The molecule has 91 heavy (non-hydrogen) atoms. The Morgan fingerprint density at radius 2 is 1.34 bits per heavy atom. The number of rotatable bonds is 13. The van der Waals surface area contributed by atoms with E-state index in [-0.39, 0.29) is 49.5 Å². The van der Waals surface area contributed by atoms with Crippen molar-refractivity contribution in [1.29, 1.82) is 0 Å². The van der Waals surface area contributed by atoms with E-state index in [1.807, 2.05) is 39.8 Å². The van der Waals surface area contributed by atoms with Gasteiger partial charge in [0.05, 0.1) is 86.2 Å². The zero-order valence-electron chi connectivity index (χ0n) is 54.8. The second-order valence-corrected chi connectivity index (χ2v) is 28.1. The highest BCUT2D eigenvalue weighted by Gasteiger charge is 2.65. The van der Waals surface area contributed by atoms with Crippen LogP contribution in [0.4, 0.5) is 4.79 Å². The van der Waals surface area contributed by atoms with E-state index in [0.717, 1.165) is 5.57 Å². The van der Waals surface area contributed by atoms with Gasteiger partial charge in [0.1, 0.15) is 29.8 Å². The molecule has 0 aromatic carbocycles. The fourth-order valence-corrected chi connectivity index (χ4v) is 16.8. The van der Waals surface area contributed by atoms with Gasteiger partial charge in [-0.05, 0) is 116 Å². The van der Waals surface area contributed by atoms with Gasteiger partial charge in [0, 0.05) is 68.2 Å². The van der Waals surface area contributed by atoms with Gasteiger partial charge >= 0.3 is 18.0 Å². The predicted octanol–water partition coefficient (Wildman–Crippen LogP) is 6.04. The lowest BCUT2D eigenvalue weighted by Crippen LogP contribution is -2.66. The largest absolute Gasteiger partial charge is 0.511 e. The summed E-state index contributed by atoms with van der Waals surface area (Å²) in [6.45, 7) is 22.0. The summed E-state index contributed by atoms with van der Waals surface area (Å²) in [6.07, 6.45) is -1.65. The van der Waals surface area contributed by atoms with Crippen LogP contribution >= 0.6 is 0 Å². The molecular weight excluding hydrogens is 1180 g/mol. The third kappa shape index (κ3) is 14.0. The van der Waals surface area contributed by atoms with Crippen molar-refractivity contribution in [1.82, 2.24) is 5.32 Å². The molecule has 24 nitrogen and oxygen atoms in total. The van der Waals surface area contributed by atoms with E-state index < -0.39 is 198 Å². The molecule has 6 saturated heterocycles. The number of Topliss-reactive ketones (excluding diaryl/α,β-unsaturated/α-hetero) is 1. The molecule has 1 spiro atoms. The molecule has 7 N–H and O–H groups in total. The Kier molecular flexibility index (Phi) is 21.1. The number of amides is 1. The summed E-state index contributed by atoms with van der Waals surface area (Å²) in [5.41, 5.74) is 3.19. The normalized spacial score (nSPS) is 49.0. The summed E-state index contributed by atoms with van der Waals surface area (Å²) >= 11 is 0. The fraction of sp³-hybridized carbons (Fsp3) is 0.776. The summed E-state index contributed by atoms with van der Waals surface area (Å²) in [6, 6.07) is -0.638. The van der Waals surface area contributed by atoms with Gasteiger partial charge in [0.25, 0.3) is 0 Å². The maximum atomic E-state index is 15.6. The van der Waals surface area contributed by atoms with E-state index in [9.17, 15) is 39.6 Å². The Labute approximate surface area is 533 Å². The lowest BCUT2D eigenvalue weighted by atomic mass is 9.49. The van der Waals surface area contributed by atoms with E-state index >= 15 is 4.79 Å². The minimum atomic E-state index is -2.13. The van der Waals surface area contributed by atoms with Gasteiger partial charge in [-0.2, -0.15) is 0 Å². The molecule has 24 heteroatoms. The number of aldehydes is 1. The highest BCUT2D eigenvalue weighted by Crippen LogP contribution is 2.61. The number of aliphatic hydroxyl groups is 4. The number of nitrogens with two attached hydrogens (primary N) is 1. The van der Waals surface area contributed by atoms with Crippen LogP contribution in [0.25, 0.3) is 0 Å². The number of methoxy groups -OCH3 is 1. The first-order valence-corrected chi connectivity index (χ1v) is 32.8. The molecule has 0 aromatic rings. The third-order valence-electron chi connectivity index (χ3n) is 21.4. The number of carbonyl (C=O) groups is 5. The lowest BCUT2D eigenvalue weighted by molar-refractivity contribution is -0.331. The molecule has 508 valence electrons. The number of ketones is 1. The number of esters is 2. The minimum Gasteiger partial charge on any atom is -0.511 e. The van der Waals surface area contributed by atoms with Gasteiger partial charge in [-0.25, -0.2) is 9.59 Å². The summed E-state index contributed by atoms with van der Waals surface area (Å²) in [5.74, 6) is -5.95. The molecule has 11 unspecified atom stereocenters. The molecule has 6 heterocycles. The number of aliphatic hydroxyl groups excluding tert-OH is 4. The quantitative estimate of drug-likeness (QED) is 0.0402. The van der Waals surface area contributed by atoms with Crippen LogP contribution in [0, 0.1) is 40.9 Å². The second kappa shape index (κ2) is 27.7. The Bertz CT molecular complexity index is 2840. The highest BCUT2D eigenvalue weighted by atomic mass is 16.8. The Hall–Kier alpha value is -4.51. The van der Waals surface area contributed by atoms with Gasteiger partial charge in [0.15, 0.2) is 43.2 Å². The second-order valence-electron chi connectivity index (χ2n) is 28.1. The topological polar surface area (TPSA) is 324 Å². The van der Waals surface area contributed by atoms with E-state index in [1.165, 1.54) is 20.1 Å². The zero-order valence-corrected chi connectivity index (χ0v) is 54.8. The minimum absolute atomic E-state index is 0.0473. The number of ether oxygens (including phenoxy) is 13. The van der Waals surface area contributed by atoms with Crippen molar-refractivity contribution in [3.63, 3.8) is 0 Å². The molecule has 1 saturated carbocycles. The molecule has 2 bridgehead atoms. The van der Waals surface area contributed by atoms with Crippen molar-refractivity contribution >= 4 is 30.1 Å². The lowest BCUT2D eigenvalue weighted by Gasteiger charge is -2.56. The van der Waals surface area contributed by atoms with Crippen LogP contribution < -0.4 is 11.1 Å². The number of hydrogen-bond acceptors (Lipinski definition) is 23. The van der Waals surface area contributed by atoms with E-state index in [2.05, 4.69) is 25.2 Å². The number of carbonyl (C=O) groups excluding carboxylic acids is 5. The smallest absolute Gasteiger partial charge is 0.407 e. The van der Waals surface area contributed by atoms with Crippen molar-refractivity contribution in [2.75, 3.05) is 7.11 Å². The first-order chi connectivity index (χ1) is 43.0. The number of allylic oxidation sites excluding steroid dienone is 3. The average molecular weight is 1280 g/mol. The van der Waals surface area contributed by atoms with E-state index in [0.29, 0.717) is 44.0 Å². The predicted molar refractivity (Wildman–Crippen MR) is 322 cm³/mol. The van der Waals surface area contributed by atoms with Crippen LogP contribution in [0.2, 0.25) is 0 Å². The summed E-state index contributed by atoms with van der Waals surface area (Å²) in [7, 11) is 1.26. The first kappa shape index (κ1) is 69.3. The Morgan fingerprint density at radius 3 is 2.00 bits per heavy atom. The maximum absolute atomic E-state index is 15.6. The molecule has 7 fully saturated rings. The van der Waals surface area contributed by atoms with Crippen molar-refractivity contribution in [3.05, 3.63) is 58.4 Å². The zero-order chi connectivity index (χ0) is 65.9. The van der Waals surface area contributed by atoms with Crippen LogP contribution in [-0.2, 0) is 80.8 Å². The van der Waals surface area contributed by atoms with Crippen LogP contribution in [0.5, 0.6) is 0 Å². The third-order valence-corrected chi connectivity index (χ3v) is 21.4. The fourth-order valence-electron chi connectivity index (χ4n) is 16.8. The molecule has 10 rings (SSSR count). The van der Waals surface area contributed by atoms with Gasteiger partial charge in [-0.3, -0.25) is 14.4 Å². The van der Waals surface area contributed by atoms with Crippen LogP contribution in [-0.4, -0.2) is 192 Å². The van der Waals surface area contributed by atoms with Crippen molar-refractivity contribution in [2.45, 2.75) is 281 Å². The Morgan fingerprint density at radius 1 is 0.703 bits per heavy atom. The molecule has 29 atom stereocenters. The van der Waals surface area contributed by atoms with Gasteiger partial charge in [-0.15, -0.1) is 0 Å². The van der Waals surface area contributed by atoms with Crippen LogP contribution in [0.3, 0.4) is 0 Å². The van der Waals surface area contributed by atoms with Crippen molar-refractivity contribution < 1.29 is 106 Å². The summed E-state index contributed by atoms with van der Waals surface area (Å²) < 4.78 is 82.0. The van der Waals surface area contributed by atoms with Gasteiger partial charge in [0.2, 0.25) is 5.78 Å². The molecule has 0 aromatic heterocycles. The maximum Gasteiger partial charge on any atom is 0.407 e. The van der Waals surface area contributed by atoms with E-state index in [4.69, 9.17) is 67.3 Å². The van der Waals surface area contributed by atoms with Crippen LogP contribution in [0.15, 0.2) is 58.4 Å². The number of hydrogen-bond donors (Lipinski definition) is 6. The summed E-state index contributed by atoms with van der Waals surface area (Å²) in [5, 5.41) is 49.3. The van der Waals surface area contributed by atoms with E-state index in [1.54, 1.807) is 40.7 Å². The molecular formula is C67H98N2O22. The number of fused-ring (bicyclic) bond motifs is 4. The number of alkyl carbamates (subject to hydrolysis) is 1. The summed E-state index contributed by atoms with van der Waals surface area (Å²) in [4.78, 5) is 67.9. The van der Waals surface area contributed by atoms with Gasteiger partial charge in [-0.1, -0.05) is 50.6 Å². The van der Waals surface area contributed by atoms with Crippen molar-refractivity contribution in [3.8, 4) is 0 Å². The standard InChI is InChI=1S/C67H98N2O22/c1-30-14-18-47(86-54-28-65(11,68)60(38(9)84-54)69-64(78)79-13)31(2)23-43-45(73)24-40(29-70)27-67(43)62(76)55(63(77)91-67)61(75)66(12)42(30)16-15-41-56(66)32(3)22-33(4)57(41)90-53-26-49(59(37(8)83-53)85-39(10)71)88-50-21-19-48(35(6)81-50)87-52-25-46(74)58(36(7)82-52)89-51-20-17-44(72)34(5)80-51/h14-16,23-24,29,32-38,41-54,56-60,72-75H,17-22,25-28,68H2,1-13H3,(H,69,78)/b30-14+,31-23+,61-55+/t32?,33?,34-,35-,36-,37-,38+,41?,42?,43?,44+,45?,46+,47?,48+,49+,50+,51-,52-,53-,54-,56?,57?,58-,59-,60-,65-,66?,67?/m0/s1. The van der Waals surface area contributed by atoms with Crippen molar-refractivity contribution in [2.24, 2.45) is 46.7 Å². The molecule has 1 amide bonds. The highest BCUT2D eigenvalue weighted by molar-refractivity contribution is 6.26. The van der Waals surface area contributed by atoms with Crippen LogP contribution in [0.1, 0.15) is 147 Å². The molecule has 10 aliphatic rings. The molecule has 6 aliphatic heterocycles. The average Bonchev–Trinajstić information content (AvgIpc) is 1.66. The first-order valence-electron chi connectivity index (χ1n) is 32.8.